The van der Waals surface area contributed by atoms with Crippen LogP contribution in [0, 0.1) is 13.8 Å². The molecule has 2 aromatic carbocycles. The first-order chi connectivity index (χ1) is 16.9. The largest absolute Gasteiger partial charge is 0.358 e. The SMILES string of the molecule is Cc1[nH]c(/C=C2\C(=O)Nc3cccc(-c4ccc(Br)cc4)c32)c(C)c1C(=O)NCCn1ccnn1. The number of H-pyrrole nitrogens is 1. The van der Waals surface area contributed by atoms with Gasteiger partial charge in [-0.3, -0.25) is 14.3 Å². The fourth-order valence-electron chi connectivity index (χ4n) is 4.39. The lowest BCUT2D eigenvalue weighted by atomic mass is 9.94. The summed E-state index contributed by atoms with van der Waals surface area (Å²) in [7, 11) is 0. The number of amides is 2. The Morgan fingerprint density at radius 3 is 2.71 bits per heavy atom. The first kappa shape index (κ1) is 22.8. The minimum Gasteiger partial charge on any atom is -0.358 e. The second-order valence-corrected chi connectivity index (χ2v) is 9.25. The van der Waals surface area contributed by atoms with Gasteiger partial charge in [0.05, 0.1) is 23.9 Å². The van der Waals surface area contributed by atoms with Crippen LogP contribution in [0.3, 0.4) is 0 Å². The normalized spacial score (nSPS) is 13.7. The number of aromatic amines is 1. The van der Waals surface area contributed by atoms with Gasteiger partial charge in [0, 0.05) is 39.9 Å². The van der Waals surface area contributed by atoms with E-state index in [-0.39, 0.29) is 11.8 Å². The molecular formula is C26H23BrN6O2. The number of benzene rings is 2. The number of rotatable bonds is 6. The predicted octanol–water partition coefficient (Wildman–Crippen LogP) is 4.58. The molecule has 0 bridgehead atoms. The Hall–Kier alpha value is -3.98. The molecule has 0 fully saturated rings. The van der Waals surface area contributed by atoms with Gasteiger partial charge in [0.2, 0.25) is 0 Å². The summed E-state index contributed by atoms with van der Waals surface area (Å²) in [6, 6.07) is 13.8. The standard InChI is InChI=1S/C26H23BrN6O2/c1-15-22(30-16(2)23(15)26(35)28-10-12-33-13-11-29-32-33)14-20-24-19(17-6-8-18(27)9-7-17)4-3-5-21(24)31-25(20)34/h3-9,11,13-14,30H,10,12H2,1-2H3,(H,28,35)(H,31,34)/b20-14-. The van der Waals surface area contributed by atoms with Crippen molar-refractivity contribution in [3.63, 3.8) is 0 Å². The number of nitrogens with zero attached hydrogens (tertiary/aromatic N) is 3. The lowest BCUT2D eigenvalue weighted by molar-refractivity contribution is -0.110. The van der Waals surface area contributed by atoms with Crippen LogP contribution in [-0.4, -0.2) is 38.3 Å². The quantitative estimate of drug-likeness (QED) is 0.317. The lowest BCUT2D eigenvalue weighted by Crippen LogP contribution is -2.28. The molecule has 8 nitrogen and oxygen atoms in total. The summed E-state index contributed by atoms with van der Waals surface area (Å²) in [5, 5.41) is 13.6. The fourth-order valence-corrected chi connectivity index (χ4v) is 4.65. The van der Waals surface area contributed by atoms with Crippen LogP contribution in [-0.2, 0) is 11.3 Å². The van der Waals surface area contributed by atoms with E-state index in [0.29, 0.717) is 24.2 Å². The van der Waals surface area contributed by atoms with Crippen molar-refractivity contribution < 1.29 is 9.59 Å². The molecule has 0 atom stereocenters. The van der Waals surface area contributed by atoms with Crippen molar-refractivity contribution in [2.75, 3.05) is 11.9 Å². The maximum absolute atomic E-state index is 13.0. The Morgan fingerprint density at radius 2 is 1.97 bits per heavy atom. The molecule has 3 N–H and O–H groups in total. The Bertz CT molecular complexity index is 1450. The number of carbonyl (C=O) groups is 2. The van der Waals surface area contributed by atoms with E-state index < -0.39 is 0 Å². The number of anilines is 1. The van der Waals surface area contributed by atoms with Crippen LogP contribution in [0.5, 0.6) is 0 Å². The van der Waals surface area contributed by atoms with Gasteiger partial charge in [-0.15, -0.1) is 5.10 Å². The first-order valence-corrected chi connectivity index (χ1v) is 12.0. The van der Waals surface area contributed by atoms with Gasteiger partial charge in [0.1, 0.15) is 0 Å². The highest BCUT2D eigenvalue weighted by Gasteiger charge is 2.28. The van der Waals surface area contributed by atoms with E-state index in [4.69, 9.17) is 0 Å². The Balaban J connectivity index is 1.47. The van der Waals surface area contributed by atoms with Crippen molar-refractivity contribution >= 4 is 45.1 Å². The highest BCUT2D eigenvalue weighted by atomic mass is 79.9. The molecule has 0 saturated heterocycles. The van der Waals surface area contributed by atoms with Gasteiger partial charge in [-0.1, -0.05) is 45.4 Å². The summed E-state index contributed by atoms with van der Waals surface area (Å²) in [5.74, 6) is -0.345. The monoisotopic (exact) mass is 530 g/mol. The molecule has 2 aromatic heterocycles. The van der Waals surface area contributed by atoms with Crippen LogP contribution in [0.4, 0.5) is 5.69 Å². The number of nitrogens with one attached hydrogen (secondary N) is 3. The molecule has 5 rings (SSSR count). The van der Waals surface area contributed by atoms with Gasteiger partial charge >= 0.3 is 0 Å². The van der Waals surface area contributed by atoms with Crippen molar-refractivity contribution in [3.05, 3.63) is 87.4 Å². The molecule has 0 radical (unpaired) electrons. The summed E-state index contributed by atoms with van der Waals surface area (Å²) >= 11 is 3.48. The Kier molecular flexibility index (Phi) is 6.08. The molecule has 3 heterocycles. The fraction of sp³-hybridized carbons (Fsp3) is 0.154. The van der Waals surface area contributed by atoms with Crippen LogP contribution in [0.25, 0.3) is 22.8 Å². The average Bonchev–Trinajstić information content (AvgIpc) is 3.53. The van der Waals surface area contributed by atoms with E-state index in [9.17, 15) is 9.59 Å². The average molecular weight is 531 g/mol. The summed E-state index contributed by atoms with van der Waals surface area (Å²) in [4.78, 5) is 29.2. The van der Waals surface area contributed by atoms with Gasteiger partial charge in [-0.05, 0) is 54.8 Å². The molecule has 0 spiro atoms. The first-order valence-electron chi connectivity index (χ1n) is 11.2. The third kappa shape index (κ3) is 4.42. The van der Waals surface area contributed by atoms with Crippen LogP contribution in [0.15, 0.2) is 59.3 Å². The van der Waals surface area contributed by atoms with Crippen LogP contribution in [0.2, 0.25) is 0 Å². The highest BCUT2D eigenvalue weighted by Crippen LogP contribution is 2.41. The topological polar surface area (TPSA) is 105 Å². The summed E-state index contributed by atoms with van der Waals surface area (Å²) in [6.07, 6.45) is 5.18. The molecule has 0 unspecified atom stereocenters. The number of hydrogen-bond donors (Lipinski definition) is 3. The Morgan fingerprint density at radius 1 is 1.17 bits per heavy atom. The van der Waals surface area contributed by atoms with E-state index in [2.05, 4.69) is 41.9 Å². The molecule has 35 heavy (non-hydrogen) atoms. The van der Waals surface area contributed by atoms with E-state index in [1.807, 2.05) is 62.4 Å². The van der Waals surface area contributed by atoms with Crippen molar-refractivity contribution in [1.29, 1.82) is 0 Å². The zero-order chi connectivity index (χ0) is 24.5. The second kappa shape index (κ2) is 9.34. The summed E-state index contributed by atoms with van der Waals surface area (Å²) in [5.41, 5.74) is 7.00. The molecule has 2 amide bonds. The molecule has 176 valence electrons. The number of aromatic nitrogens is 4. The minimum absolute atomic E-state index is 0.171. The molecule has 4 aromatic rings. The molecule has 9 heteroatoms. The van der Waals surface area contributed by atoms with E-state index >= 15 is 0 Å². The van der Waals surface area contributed by atoms with Gasteiger partial charge in [0.25, 0.3) is 11.8 Å². The molecule has 0 saturated carbocycles. The van der Waals surface area contributed by atoms with Crippen molar-refractivity contribution in [2.45, 2.75) is 20.4 Å². The summed E-state index contributed by atoms with van der Waals surface area (Å²) < 4.78 is 2.65. The van der Waals surface area contributed by atoms with Gasteiger partial charge < -0.3 is 15.6 Å². The van der Waals surface area contributed by atoms with Gasteiger partial charge in [-0.2, -0.15) is 0 Å². The van der Waals surface area contributed by atoms with Crippen molar-refractivity contribution in [2.24, 2.45) is 0 Å². The smallest absolute Gasteiger partial charge is 0.256 e. The third-order valence-electron chi connectivity index (χ3n) is 6.07. The lowest BCUT2D eigenvalue weighted by Gasteiger charge is -2.09. The van der Waals surface area contributed by atoms with Crippen molar-refractivity contribution in [1.82, 2.24) is 25.3 Å². The molecular weight excluding hydrogens is 508 g/mol. The second-order valence-electron chi connectivity index (χ2n) is 8.33. The van der Waals surface area contributed by atoms with Gasteiger partial charge in [-0.25, -0.2) is 0 Å². The molecule has 1 aliphatic rings. The van der Waals surface area contributed by atoms with Crippen LogP contribution < -0.4 is 10.6 Å². The number of fused-ring (bicyclic) bond motifs is 1. The van der Waals surface area contributed by atoms with E-state index in [0.717, 1.165) is 43.8 Å². The number of halogens is 1. The predicted molar refractivity (Wildman–Crippen MR) is 139 cm³/mol. The maximum Gasteiger partial charge on any atom is 0.256 e. The number of carbonyl (C=O) groups excluding carboxylic acids is 2. The molecule has 0 aliphatic carbocycles. The van der Waals surface area contributed by atoms with Crippen molar-refractivity contribution in [3.8, 4) is 11.1 Å². The number of hydrogen-bond acceptors (Lipinski definition) is 4. The zero-order valence-corrected chi connectivity index (χ0v) is 20.8. The van der Waals surface area contributed by atoms with Gasteiger partial charge in [0.15, 0.2) is 0 Å². The van der Waals surface area contributed by atoms with Crippen LogP contribution in [0.1, 0.15) is 32.9 Å². The van der Waals surface area contributed by atoms with E-state index in [1.165, 1.54) is 0 Å². The highest BCUT2D eigenvalue weighted by molar-refractivity contribution is 9.10. The summed E-state index contributed by atoms with van der Waals surface area (Å²) in [6.45, 7) is 4.70. The minimum atomic E-state index is -0.173. The maximum atomic E-state index is 13.0. The van der Waals surface area contributed by atoms with Crippen LogP contribution >= 0.6 is 15.9 Å². The zero-order valence-electron chi connectivity index (χ0n) is 19.2. The van der Waals surface area contributed by atoms with E-state index in [1.54, 1.807) is 17.1 Å². The Labute approximate surface area is 210 Å². The third-order valence-corrected chi connectivity index (χ3v) is 6.60. The number of aryl methyl sites for hydroxylation is 1. The molecule has 1 aliphatic heterocycles.